The molecule has 1 saturated heterocycles. The number of para-hydroxylation sites is 2. The number of aryl methyl sites for hydroxylation is 1. The SMILES string of the molecule is CCCC(=O)c1cnc2c(OCCCN3CCCCC3)cccc2c1Nc1ccccc1C. The number of fused-ring (bicyclic) bond motifs is 1. The third-order valence-corrected chi connectivity index (χ3v) is 6.37. The molecule has 33 heavy (non-hydrogen) atoms. The highest BCUT2D eigenvalue weighted by atomic mass is 16.5. The van der Waals surface area contributed by atoms with Crippen LogP contribution in [0.2, 0.25) is 0 Å². The highest BCUT2D eigenvalue weighted by Gasteiger charge is 2.18. The number of hydrogen-bond acceptors (Lipinski definition) is 5. The number of rotatable bonds is 10. The van der Waals surface area contributed by atoms with Crippen LogP contribution in [0.1, 0.15) is 61.4 Å². The molecule has 2 heterocycles. The first-order valence-electron chi connectivity index (χ1n) is 12.3. The molecule has 0 spiro atoms. The van der Waals surface area contributed by atoms with E-state index in [1.807, 2.05) is 43.3 Å². The maximum Gasteiger partial charge on any atom is 0.166 e. The number of ether oxygens (including phenoxy) is 1. The second kappa shape index (κ2) is 11.3. The highest BCUT2D eigenvalue weighted by Crippen LogP contribution is 2.35. The molecule has 0 aliphatic carbocycles. The summed E-state index contributed by atoms with van der Waals surface area (Å²) in [4.78, 5) is 20.1. The van der Waals surface area contributed by atoms with Gasteiger partial charge < -0.3 is 15.0 Å². The molecule has 5 heteroatoms. The lowest BCUT2D eigenvalue weighted by Crippen LogP contribution is -2.31. The summed E-state index contributed by atoms with van der Waals surface area (Å²) in [5.41, 5.74) is 4.35. The van der Waals surface area contributed by atoms with Crippen molar-refractivity contribution in [2.45, 2.75) is 52.4 Å². The fourth-order valence-corrected chi connectivity index (χ4v) is 4.52. The average molecular weight is 446 g/mol. The van der Waals surface area contributed by atoms with Gasteiger partial charge in [-0.3, -0.25) is 9.78 Å². The standard InChI is InChI=1S/C28H35N3O2/c1-3-11-25(32)23-20-29-28-22(27(23)30-24-14-6-5-12-21(24)2)13-9-15-26(28)33-19-10-18-31-16-7-4-8-17-31/h5-6,9,12-15,20H,3-4,7-8,10-11,16-19H2,1-2H3,(H,29,30). The number of pyridine rings is 1. The Morgan fingerprint density at radius 2 is 1.91 bits per heavy atom. The van der Waals surface area contributed by atoms with E-state index < -0.39 is 0 Å². The van der Waals surface area contributed by atoms with Gasteiger partial charge in [0, 0.05) is 30.2 Å². The van der Waals surface area contributed by atoms with Gasteiger partial charge in [-0.25, -0.2) is 0 Å². The lowest BCUT2D eigenvalue weighted by atomic mass is 10.0. The van der Waals surface area contributed by atoms with E-state index in [1.165, 1.54) is 32.4 Å². The summed E-state index contributed by atoms with van der Waals surface area (Å²) in [7, 11) is 0. The molecule has 1 N–H and O–H groups in total. The molecule has 0 saturated carbocycles. The Kier molecular flexibility index (Phi) is 7.95. The van der Waals surface area contributed by atoms with E-state index in [1.54, 1.807) is 6.20 Å². The molecule has 3 aromatic rings. The zero-order valence-electron chi connectivity index (χ0n) is 19.9. The fourth-order valence-electron chi connectivity index (χ4n) is 4.52. The molecule has 5 nitrogen and oxygen atoms in total. The van der Waals surface area contributed by atoms with Gasteiger partial charge in [-0.15, -0.1) is 0 Å². The Morgan fingerprint density at radius 1 is 1.09 bits per heavy atom. The molecular formula is C28H35N3O2. The van der Waals surface area contributed by atoms with Gasteiger partial charge in [0.25, 0.3) is 0 Å². The van der Waals surface area contributed by atoms with Crippen LogP contribution in [-0.2, 0) is 0 Å². The fraction of sp³-hybridized carbons (Fsp3) is 0.429. The first-order valence-corrected chi connectivity index (χ1v) is 12.3. The van der Waals surface area contributed by atoms with Crippen molar-refractivity contribution in [3.05, 3.63) is 59.8 Å². The van der Waals surface area contributed by atoms with Crippen molar-refractivity contribution in [1.82, 2.24) is 9.88 Å². The minimum atomic E-state index is 0.107. The molecule has 174 valence electrons. The smallest absolute Gasteiger partial charge is 0.166 e. The minimum absolute atomic E-state index is 0.107. The Morgan fingerprint density at radius 3 is 2.70 bits per heavy atom. The number of Topliss-reactive ketones (excluding diaryl/α,β-unsaturated/α-hetero) is 1. The van der Waals surface area contributed by atoms with Crippen molar-refractivity contribution in [1.29, 1.82) is 0 Å². The minimum Gasteiger partial charge on any atom is -0.491 e. The van der Waals surface area contributed by atoms with Gasteiger partial charge in [-0.1, -0.05) is 43.7 Å². The van der Waals surface area contributed by atoms with Gasteiger partial charge >= 0.3 is 0 Å². The van der Waals surface area contributed by atoms with Crippen molar-refractivity contribution in [2.75, 3.05) is 31.6 Å². The van der Waals surface area contributed by atoms with Crippen LogP contribution in [0.15, 0.2) is 48.7 Å². The first-order chi connectivity index (χ1) is 16.2. The normalized spacial score (nSPS) is 14.4. The zero-order valence-corrected chi connectivity index (χ0v) is 19.9. The maximum atomic E-state index is 12.9. The molecule has 4 rings (SSSR count). The van der Waals surface area contributed by atoms with E-state index in [0.717, 1.165) is 53.0 Å². The average Bonchev–Trinajstić information content (AvgIpc) is 2.84. The molecule has 1 aliphatic rings. The van der Waals surface area contributed by atoms with Crippen LogP contribution in [0.3, 0.4) is 0 Å². The Balaban J connectivity index is 1.59. The number of carbonyl (C=O) groups is 1. The second-order valence-electron chi connectivity index (χ2n) is 8.92. The molecular weight excluding hydrogens is 410 g/mol. The van der Waals surface area contributed by atoms with E-state index in [2.05, 4.69) is 28.2 Å². The molecule has 0 atom stereocenters. The van der Waals surface area contributed by atoms with Gasteiger partial charge in [0.1, 0.15) is 11.3 Å². The first kappa shape index (κ1) is 23.2. The van der Waals surface area contributed by atoms with Crippen molar-refractivity contribution < 1.29 is 9.53 Å². The summed E-state index contributed by atoms with van der Waals surface area (Å²) in [5, 5.41) is 4.45. The van der Waals surface area contributed by atoms with Gasteiger partial charge in [0.05, 0.1) is 17.9 Å². The number of aromatic nitrogens is 1. The quantitative estimate of drug-likeness (QED) is 0.284. The summed E-state index contributed by atoms with van der Waals surface area (Å²) in [5.74, 6) is 0.879. The summed E-state index contributed by atoms with van der Waals surface area (Å²) in [6.07, 6.45) is 7.99. The van der Waals surface area contributed by atoms with Crippen LogP contribution in [-0.4, -0.2) is 41.9 Å². The van der Waals surface area contributed by atoms with Crippen LogP contribution in [0.5, 0.6) is 5.75 Å². The van der Waals surface area contributed by atoms with E-state index >= 15 is 0 Å². The van der Waals surface area contributed by atoms with E-state index in [4.69, 9.17) is 4.74 Å². The largest absolute Gasteiger partial charge is 0.491 e. The Labute approximate surface area is 197 Å². The summed E-state index contributed by atoms with van der Waals surface area (Å²) >= 11 is 0. The van der Waals surface area contributed by atoms with Gasteiger partial charge in [-0.2, -0.15) is 0 Å². The molecule has 1 aliphatic heterocycles. The number of piperidine rings is 1. The van der Waals surface area contributed by atoms with Crippen LogP contribution < -0.4 is 10.1 Å². The number of anilines is 2. The number of hydrogen-bond donors (Lipinski definition) is 1. The van der Waals surface area contributed by atoms with Gasteiger partial charge in [0.15, 0.2) is 5.78 Å². The molecule has 1 fully saturated rings. The monoisotopic (exact) mass is 445 g/mol. The highest BCUT2D eigenvalue weighted by molar-refractivity contribution is 6.09. The number of carbonyl (C=O) groups excluding carboxylic acids is 1. The van der Waals surface area contributed by atoms with Crippen LogP contribution in [0.25, 0.3) is 10.9 Å². The zero-order chi connectivity index (χ0) is 23.0. The number of benzene rings is 2. The number of ketones is 1. The summed E-state index contributed by atoms with van der Waals surface area (Å²) in [6, 6.07) is 14.1. The molecule has 0 amide bonds. The predicted octanol–water partition coefficient (Wildman–Crippen LogP) is 6.52. The summed E-state index contributed by atoms with van der Waals surface area (Å²) in [6.45, 7) is 8.24. The van der Waals surface area contributed by atoms with Crippen LogP contribution >= 0.6 is 0 Å². The van der Waals surface area contributed by atoms with E-state index in [0.29, 0.717) is 18.6 Å². The molecule has 0 unspecified atom stereocenters. The van der Waals surface area contributed by atoms with Crippen molar-refractivity contribution >= 4 is 28.1 Å². The van der Waals surface area contributed by atoms with Crippen molar-refractivity contribution in [3.63, 3.8) is 0 Å². The maximum absolute atomic E-state index is 12.9. The van der Waals surface area contributed by atoms with Crippen LogP contribution in [0.4, 0.5) is 11.4 Å². The van der Waals surface area contributed by atoms with Crippen molar-refractivity contribution in [3.8, 4) is 5.75 Å². The number of likely N-dealkylation sites (tertiary alicyclic amines) is 1. The Hall–Kier alpha value is -2.92. The Bertz CT molecular complexity index is 1090. The third-order valence-electron chi connectivity index (χ3n) is 6.37. The lowest BCUT2D eigenvalue weighted by Gasteiger charge is -2.26. The third kappa shape index (κ3) is 5.72. The second-order valence-corrected chi connectivity index (χ2v) is 8.92. The number of nitrogens with one attached hydrogen (secondary N) is 1. The molecule has 2 aromatic carbocycles. The molecule has 1 aromatic heterocycles. The van der Waals surface area contributed by atoms with E-state index in [-0.39, 0.29) is 5.78 Å². The van der Waals surface area contributed by atoms with E-state index in [9.17, 15) is 4.79 Å². The lowest BCUT2D eigenvalue weighted by molar-refractivity contribution is 0.0982. The summed E-state index contributed by atoms with van der Waals surface area (Å²) < 4.78 is 6.19. The topological polar surface area (TPSA) is 54.5 Å². The molecule has 0 bridgehead atoms. The van der Waals surface area contributed by atoms with Gasteiger partial charge in [0.2, 0.25) is 0 Å². The molecule has 0 radical (unpaired) electrons. The predicted molar refractivity (Wildman–Crippen MR) is 136 cm³/mol. The van der Waals surface area contributed by atoms with Gasteiger partial charge in [-0.05, 0) is 63.4 Å². The number of nitrogens with zero attached hydrogens (tertiary/aromatic N) is 2. The van der Waals surface area contributed by atoms with Crippen LogP contribution in [0, 0.1) is 6.92 Å². The van der Waals surface area contributed by atoms with Crippen molar-refractivity contribution in [2.24, 2.45) is 0 Å².